The first kappa shape index (κ1) is 23.4. The van der Waals surface area contributed by atoms with E-state index in [0.29, 0.717) is 5.92 Å². The number of benzene rings is 2. The number of likely N-dealkylation sites (tertiary alicyclic amines) is 1. The standard InChI is InChI=1S/C28H34ClN5S/c1-19-6-5-9-33(15-19)16-21-10-25(29)24-17-34(35-26(24)11-21)23-8-4-7-22(12-23)28(13-20(2)14-28)27-31-30-18-32(27)3/h4,7-8,10-12,18-20H,5-6,9,13-17H2,1-3H3. The van der Waals surface area contributed by atoms with Gasteiger partial charge in [-0.2, -0.15) is 0 Å². The maximum atomic E-state index is 6.83. The van der Waals surface area contributed by atoms with Crippen molar-refractivity contribution in [2.24, 2.45) is 18.9 Å². The Morgan fingerprint density at radius 3 is 2.74 bits per heavy atom. The lowest BCUT2D eigenvalue weighted by Crippen LogP contribution is -2.43. The van der Waals surface area contributed by atoms with Crippen LogP contribution in [0.25, 0.3) is 0 Å². The molecule has 0 radical (unpaired) electrons. The Kier molecular flexibility index (Phi) is 6.10. The van der Waals surface area contributed by atoms with E-state index in [4.69, 9.17) is 11.6 Å². The van der Waals surface area contributed by atoms with Crippen molar-refractivity contribution < 1.29 is 0 Å². The molecule has 7 heteroatoms. The molecule has 1 aliphatic carbocycles. The summed E-state index contributed by atoms with van der Waals surface area (Å²) in [5.41, 5.74) is 5.10. The van der Waals surface area contributed by atoms with E-state index in [1.807, 2.05) is 18.3 Å². The van der Waals surface area contributed by atoms with Crippen molar-refractivity contribution >= 4 is 29.2 Å². The number of aryl methyl sites for hydroxylation is 1. The first-order valence-corrected chi connectivity index (χ1v) is 14.0. The van der Waals surface area contributed by atoms with Gasteiger partial charge in [-0.05, 0) is 91.4 Å². The molecule has 184 valence electrons. The lowest BCUT2D eigenvalue weighted by atomic mass is 9.58. The minimum atomic E-state index is -0.0473. The van der Waals surface area contributed by atoms with Gasteiger partial charge in [-0.25, -0.2) is 0 Å². The molecule has 1 unspecified atom stereocenters. The van der Waals surface area contributed by atoms with Crippen LogP contribution in [0.2, 0.25) is 5.02 Å². The van der Waals surface area contributed by atoms with Crippen LogP contribution in [0.15, 0.2) is 47.6 Å². The van der Waals surface area contributed by atoms with Crippen molar-refractivity contribution in [3.8, 4) is 0 Å². The van der Waals surface area contributed by atoms with Crippen molar-refractivity contribution in [3.05, 3.63) is 70.3 Å². The van der Waals surface area contributed by atoms with Crippen LogP contribution in [0.1, 0.15) is 62.0 Å². The largest absolute Gasteiger partial charge is 0.320 e. The summed E-state index contributed by atoms with van der Waals surface area (Å²) in [6, 6.07) is 13.6. The summed E-state index contributed by atoms with van der Waals surface area (Å²) in [6.07, 6.45) is 6.69. The van der Waals surface area contributed by atoms with E-state index >= 15 is 0 Å². The maximum absolute atomic E-state index is 6.83. The number of fused-ring (bicyclic) bond motifs is 1. The average Bonchev–Trinajstić information content (AvgIpc) is 3.44. The lowest BCUT2D eigenvalue weighted by Gasteiger charge is -2.46. The van der Waals surface area contributed by atoms with Crippen LogP contribution >= 0.6 is 23.5 Å². The molecular weight excluding hydrogens is 474 g/mol. The van der Waals surface area contributed by atoms with Gasteiger partial charge in [0.25, 0.3) is 0 Å². The summed E-state index contributed by atoms with van der Waals surface area (Å²) in [5.74, 6) is 2.56. The van der Waals surface area contributed by atoms with Gasteiger partial charge < -0.3 is 8.87 Å². The van der Waals surface area contributed by atoms with Gasteiger partial charge in [0.15, 0.2) is 0 Å². The molecule has 5 nitrogen and oxygen atoms in total. The predicted molar refractivity (Wildman–Crippen MR) is 144 cm³/mol. The molecule has 3 aromatic rings. The second-order valence-electron chi connectivity index (χ2n) is 11.1. The van der Waals surface area contributed by atoms with E-state index in [0.717, 1.165) is 42.7 Å². The zero-order valence-electron chi connectivity index (χ0n) is 20.9. The first-order valence-electron chi connectivity index (χ1n) is 12.9. The molecule has 3 heterocycles. The number of hydrogen-bond donors (Lipinski definition) is 0. The van der Waals surface area contributed by atoms with Gasteiger partial charge in [-0.15, -0.1) is 10.2 Å². The van der Waals surface area contributed by atoms with E-state index in [-0.39, 0.29) is 5.41 Å². The third-order valence-corrected chi connectivity index (χ3v) is 9.55. The van der Waals surface area contributed by atoms with Gasteiger partial charge in [-0.3, -0.25) is 4.90 Å². The Labute approximate surface area is 218 Å². The molecule has 1 saturated carbocycles. The fourth-order valence-electron chi connectivity index (χ4n) is 6.47. The normalized spacial score (nSPS) is 26.6. The number of hydrogen-bond acceptors (Lipinski definition) is 5. The van der Waals surface area contributed by atoms with E-state index < -0.39 is 0 Å². The first-order chi connectivity index (χ1) is 16.9. The summed E-state index contributed by atoms with van der Waals surface area (Å²) in [6.45, 7) is 8.89. The molecule has 0 bridgehead atoms. The maximum Gasteiger partial charge on any atom is 0.143 e. The second-order valence-corrected chi connectivity index (χ2v) is 12.5. The Balaban J connectivity index is 1.25. The molecule has 6 rings (SSSR count). The molecule has 1 aromatic heterocycles. The quantitative estimate of drug-likeness (QED) is 0.371. The monoisotopic (exact) mass is 507 g/mol. The lowest BCUT2D eigenvalue weighted by molar-refractivity contribution is 0.176. The molecule has 35 heavy (non-hydrogen) atoms. The zero-order chi connectivity index (χ0) is 24.2. The molecule has 0 amide bonds. The summed E-state index contributed by atoms with van der Waals surface area (Å²) in [5, 5.41) is 9.62. The average molecular weight is 508 g/mol. The van der Waals surface area contributed by atoms with Crippen molar-refractivity contribution in [1.82, 2.24) is 19.7 Å². The van der Waals surface area contributed by atoms with Crippen LogP contribution < -0.4 is 4.31 Å². The van der Waals surface area contributed by atoms with Crippen molar-refractivity contribution in [2.75, 3.05) is 17.4 Å². The predicted octanol–water partition coefficient (Wildman–Crippen LogP) is 6.44. The van der Waals surface area contributed by atoms with Gasteiger partial charge in [0.05, 0.1) is 12.0 Å². The summed E-state index contributed by atoms with van der Waals surface area (Å²) < 4.78 is 4.47. The topological polar surface area (TPSA) is 37.2 Å². The molecule has 1 atom stereocenters. The highest BCUT2D eigenvalue weighted by atomic mass is 35.5. The Morgan fingerprint density at radius 2 is 2.00 bits per heavy atom. The van der Waals surface area contributed by atoms with E-state index in [2.05, 4.69) is 81.3 Å². The smallest absolute Gasteiger partial charge is 0.143 e. The molecule has 0 N–H and O–H groups in total. The van der Waals surface area contributed by atoms with Crippen molar-refractivity contribution in [1.29, 1.82) is 0 Å². The van der Waals surface area contributed by atoms with E-state index in [9.17, 15) is 0 Å². The fraction of sp³-hybridized carbons (Fsp3) is 0.500. The minimum absolute atomic E-state index is 0.0473. The molecular formula is C28H34ClN5S. The highest BCUT2D eigenvalue weighted by Crippen LogP contribution is 2.52. The summed E-state index contributed by atoms with van der Waals surface area (Å²) in [4.78, 5) is 3.88. The van der Waals surface area contributed by atoms with Crippen molar-refractivity contribution in [2.45, 2.75) is 62.9 Å². The highest BCUT2D eigenvalue weighted by Gasteiger charge is 2.48. The number of aromatic nitrogens is 3. The molecule has 2 aromatic carbocycles. The Bertz CT molecular complexity index is 1230. The van der Waals surface area contributed by atoms with Crippen LogP contribution in [-0.2, 0) is 25.6 Å². The van der Waals surface area contributed by atoms with Gasteiger partial charge in [-0.1, -0.05) is 37.6 Å². The van der Waals surface area contributed by atoms with Crippen LogP contribution in [0.5, 0.6) is 0 Å². The summed E-state index contributed by atoms with van der Waals surface area (Å²) >= 11 is 8.66. The zero-order valence-corrected chi connectivity index (χ0v) is 22.4. The number of rotatable bonds is 5. The fourth-order valence-corrected chi connectivity index (χ4v) is 7.97. The van der Waals surface area contributed by atoms with Gasteiger partial charge in [0.1, 0.15) is 12.2 Å². The highest BCUT2D eigenvalue weighted by molar-refractivity contribution is 8.01. The summed E-state index contributed by atoms with van der Waals surface area (Å²) in [7, 11) is 2.06. The van der Waals surface area contributed by atoms with Crippen LogP contribution in [0, 0.1) is 11.8 Å². The Morgan fingerprint density at radius 1 is 1.14 bits per heavy atom. The molecule has 0 spiro atoms. The molecule has 2 fully saturated rings. The third-order valence-electron chi connectivity index (χ3n) is 8.09. The SMILES string of the molecule is CC1CCCN(Cc2cc(Cl)c3c(c2)SN(c2cccc(C4(c5nncn5C)CC(C)C4)c2)C3)C1. The number of nitrogens with zero attached hydrogens (tertiary/aromatic N) is 5. The number of anilines is 1. The van der Waals surface area contributed by atoms with Crippen LogP contribution in [0.3, 0.4) is 0 Å². The number of piperidine rings is 1. The van der Waals surface area contributed by atoms with E-state index in [1.54, 1.807) is 0 Å². The van der Waals surface area contributed by atoms with Crippen LogP contribution in [-0.4, -0.2) is 32.8 Å². The van der Waals surface area contributed by atoms with E-state index in [1.165, 1.54) is 53.2 Å². The minimum Gasteiger partial charge on any atom is -0.320 e. The Hall–Kier alpha value is -2.02. The molecule has 2 aliphatic heterocycles. The number of halogens is 1. The molecule has 1 saturated heterocycles. The van der Waals surface area contributed by atoms with Gasteiger partial charge in [0, 0.05) is 41.3 Å². The second kappa shape index (κ2) is 9.13. The van der Waals surface area contributed by atoms with Crippen molar-refractivity contribution in [3.63, 3.8) is 0 Å². The van der Waals surface area contributed by atoms with Crippen LogP contribution in [0.4, 0.5) is 5.69 Å². The van der Waals surface area contributed by atoms with Gasteiger partial charge in [0.2, 0.25) is 0 Å². The third kappa shape index (κ3) is 4.28. The van der Waals surface area contributed by atoms with Gasteiger partial charge >= 0.3 is 0 Å². The molecule has 3 aliphatic rings.